The van der Waals surface area contributed by atoms with Gasteiger partial charge in [-0.3, -0.25) is 4.79 Å². The van der Waals surface area contributed by atoms with E-state index in [1.165, 1.54) is 5.69 Å². The lowest BCUT2D eigenvalue weighted by Crippen LogP contribution is -2.36. The third-order valence-electron chi connectivity index (χ3n) is 4.16. The topological polar surface area (TPSA) is 53.6 Å². The smallest absolute Gasteiger partial charge is 0.224 e. The van der Waals surface area contributed by atoms with Gasteiger partial charge in [0.2, 0.25) is 5.91 Å². The van der Waals surface area contributed by atoms with Crippen molar-refractivity contribution in [3.05, 3.63) is 24.3 Å². The minimum Gasteiger partial charge on any atom is -0.378 e. The lowest BCUT2D eigenvalue weighted by atomic mass is 10.0. The quantitative estimate of drug-likeness (QED) is 0.881. The zero-order valence-electron chi connectivity index (χ0n) is 12.3. The highest BCUT2D eigenvalue weighted by Crippen LogP contribution is 2.20. The van der Waals surface area contributed by atoms with Gasteiger partial charge in [-0.05, 0) is 49.7 Å². The van der Waals surface area contributed by atoms with Crippen LogP contribution in [0.4, 0.5) is 11.4 Å². The van der Waals surface area contributed by atoms with Crippen molar-refractivity contribution in [2.75, 3.05) is 49.6 Å². The number of carbonyl (C=O) groups is 1. The number of rotatable bonds is 4. The molecule has 2 fully saturated rings. The molecule has 0 bridgehead atoms. The SMILES string of the molecule is O=C(CC1CCNC1)Nc1ccc(N2CCOCC2)cc1. The summed E-state index contributed by atoms with van der Waals surface area (Å²) in [5.41, 5.74) is 2.07. The molecular weight excluding hydrogens is 266 g/mol. The van der Waals surface area contributed by atoms with E-state index in [4.69, 9.17) is 4.74 Å². The van der Waals surface area contributed by atoms with Gasteiger partial charge in [-0.2, -0.15) is 0 Å². The molecule has 0 aromatic heterocycles. The Hall–Kier alpha value is -1.59. The molecule has 0 saturated carbocycles. The molecule has 3 rings (SSSR count). The van der Waals surface area contributed by atoms with Crippen LogP contribution in [0.25, 0.3) is 0 Å². The summed E-state index contributed by atoms with van der Waals surface area (Å²) in [5, 5.41) is 6.28. The number of amides is 1. The van der Waals surface area contributed by atoms with E-state index in [0.29, 0.717) is 12.3 Å². The molecule has 1 aromatic rings. The standard InChI is InChI=1S/C16H23N3O2/c20-16(11-13-5-6-17-12-13)18-14-1-3-15(4-2-14)19-7-9-21-10-8-19/h1-4,13,17H,5-12H2,(H,18,20). The highest BCUT2D eigenvalue weighted by Gasteiger charge is 2.18. The maximum absolute atomic E-state index is 12.0. The summed E-state index contributed by atoms with van der Waals surface area (Å²) in [6.07, 6.45) is 1.71. The van der Waals surface area contributed by atoms with E-state index in [9.17, 15) is 4.79 Å². The first-order valence-corrected chi connectivity index (χ1v) is 7.74. The molecule has 1 atom stereocenters. The monoisotopic (exact) mass is 289 g/mol. The van der Waals surface area contributed by atoms with Crippen LogP contribution in [0.15, 0.2) is 24.3 Å². The second-order valence-electron chi connectivity index (χ2n) is 5.76. The molecule has 0 radical (unpaired) electrons. The fourth-order valence-corrected chi connectivity index (χ4v) is 2.94. The Morgan fingerprint density at radius 3 is 2.71 bits per heavy atom. The van der Waals surface area contributed by atoms with Gasteiger partial charge in [-0.1, -0.05) is 0 Å². The first-order chi connectivity index (χ1) is 10.3. The lowest BCUT2D eigenvalue weighted by molar-refractivity contribution is -0.116. The molecule has 21 heavy (non-hydrogen) atoms. The fraction of sp³-hybridized carbons (Fsp3) is 0.562. The van der Waals surface area contributed by atoms with Crippen molar-refractivity contribution in [1.82, 2.24) is 5.32 Å². The van der Waals surface area contributed by atoms with Gasteiger partial charge in [0.05, 0.1) is 13.2 Å². The summed E-state index contributed by atoms with van der Waals surface area (Å²) < 4.78 is 5.36. The summed E-state index contributed by atoms with van der Waals surface area (Å²) in [6, 6.07) is 8.10. The van der Waals surface area contributed by atoms with Crippen LogP contribution in [-0.2, 0) is 9.53 Å². The maximum atomic E-state index is 12.0. The molecule has 0 spiro atoms. The van der Waals surface area contributed by atoms with E-state index in [2.05, 4.69) is 27.7 Å². The van der Waals surface area contributed by atoms with Crippen molar-refractivity contribution in [3.63, 3.8) is 0 Å². The Kier molecular flexibility index (Phi) is 4.72. The summed E-state index contributed by atoms with van der Waals surface area (Å²) in [5.74, 6) is 0.598. The Labute approximate surface area is 125 Å². The van der Waals surface area contributed by atoms with Crippen LogP contribution in [0.2, 0.25) is 0 Å². The van der Waals surface area contributed by atoms with Gasteiger partial charge in [-0.15, -0.1) is 0 Å². The van der Waals surface area contributed by atoms with E-state index in [0.717, 1.165) is 51.5 Å². The molecule has 2 heterocycles. The van der Waals surface area contributed by atoms with E-state index in [1.54, 1.807) is 0 Å². The summed E-state index contributed by atoms with van der Waals surface area (Å²) in [6.45, 7) is 5.43. The predicted molar refractivity (Wildman–Crippen MR) is 83.7 cm³/mol. The molecule has 2 saturated heterocycles. The minimum atomic E-state index is 0.114. The van der Waals surface area contributed by atoms with Gasteiger partial charge in [0, 0.05) is 30.9 Å². The number of hydrogen-bond donors (Lipinski definition) is 2. The number of carbonyl (C=O) groups excluding carboxylic acids is 1. The van der Waals surface area contributed by atoms with Crippen LogP contribution >= 0.6 is 0 Å². The first kappa shape index (κ1) is 14.4. The number of anilines is 2. The lowest BCUT2D eigenvalue weighted by Gasteiger charge is -2.28. The summed E-state index contributed by atoms with van der Waals surface area (Å²) >= 11 is 0. The highest BCUT2D eigenvalue weighted by atomic mass is 16.5. The highest BCUT2D eigenvalue weighted by molar-refractivity contribution is 5.91. The van der Waals surface area contributed by atoms with Crippen molar-refractivity contribution >= 4 is 17.3 Å². The number of benzene rings is 1. The van der Waals surface area contributed by atoms with Crippen molar-refractivity contribution in [1.29, 1.82) is 0 Å². The molecule has 1 aromatic carbocycles. The number of ether oxygens (including phenoxy) is 1. The Morgan fingerprint density at radius 2 is 2.05 bits per heavy atom. The van der Waals surface area contributed by atoms with Crippen LogP contribution in [0.5, 0.6) is 0 Å². The molecule has 114 valence electrons. The summed E-state index contributed by atoms with van der Waals surface area (Å²) in [4.78, 5) is 14.3. The van der Waals surface area contributed by atoms with Gasteiger partial charge in [-0.25, -0.2) is 0 Å². The average Bonchev–Trinajstić information content (AvgIpc) is 3.02. The largest absolute Gasteiger partial charge is 0.378 e. The van der Waals surface area contributed by atoms with Crippen molar-refractivity contribution in [2.45, 2.75) is 12.8 Å². The van der Waals surface area contributed by atoms with Crippen molar-refractivity contribution in [2.24, 2.45) is 5.92 Å². The van der Waals surface area contributed by atoms with Crippen LogP contribution in [-0.4, -0.2) is 45.3 Å². The maximum Gasteiger partial charge on any atom is 0.224 e. The molecule has 5 nitrogen and oxygen atoms in total. The van der Waals surface area contributed by atoms with Crippen LogP contribution in [0, 0.1) is 5.92 Å². The normalized spacial score (nSPS) is 22.3. The molecule has 2 aliphatic rings. The number of nitrogens with zero attached hydrogens (tertiary/aromatic N) is 1. The third-order valence-corrected chi connectivity index (χ3v) is 4.16. The van der Waals surface area contributed by atoms with Crippen molar-refractivity contribution in [3.8, 4) is 0 Å². The van der Waals surface area contributed by atoms with E-state index >= 15 is 0 Å². The van der Waals surface area contributed by atoms with E-state index in [1.807, 2.05) is 12.1 Å². The van der Waals surface area contributed by atoms with Gasteiger partial charge in [0.1, 0.15) is 0 Å². The Bertz CT molecular complexity index is 463. The zero-order chi connectivity index (χ0) is 14.5. The molecule has 5 heteroatoms. The molecular formula is C16H23N3O2. The number of hydrogen-bond acceptors (Lipinski definition) is 4. The number of morpholine rings is 1. The molecule has 1 amide bonds. The van der Waals surface area contributed by atoms with Gasteiger partial charge in [0.15, 0.2) is 0 Å². The second-order valence-corrected chi connectivity index (χ2v) is 5.76. The molecule has 0 aliphatic carbocycles. The fourth-order valence-electron chi connectivity index (χ4n) is 2.94. The van der Waals surface area contributed by atoms with E-state index in [-0.39, 0.29) is 5.91 Å². The molecule has 1 unspecified atom stereocenters. The van der Waals surface area contributed by atoms with E-state index < -0.39 is 0 Å². The van der Waals surface area contributed by atoms with Crippen LogP contribution in [0.1, 0.15) is 12.8 Å². The second kappa shape index (κ2) is 6.91. The van der Waals surface area contributed by atoms with Crippen LogP contribution in [0.3, 0.4) is 0 Å². The molecule has 2 aliphatic heterocycles. The Balaban J connectivity index is 1.52. The van der Waals surface area contributed by atoms with Crippen LogP contribution < -0.4 is 15.5 Å². The third kappa shape index (κ3) is 3.95. The zero-order valence-corrected chi connectivity index (χ0v) is 12.3. The van der Waals surface area contributed by atoms with Gasteiger partial charge >= 0.3 is 0 Å². The number of nitrogens with one attached hydrogen (secondary N) is 2. The summed E-state index contributed by atoms with van der Waals surface area (Å²) in [7, 11) is 0. The van der Waals surface area contributed by atoms with Gasteiger partial charge < -0.3 is 20.3 Å². The minimum absolute atomic E-state index is 0.114. The molecule has 2 N–H and O–H groups in total. The van der Waals surface area contributed by atoms with Crippen molar-refractivity contribution < 1.29 is 9.53 Å². The van der Waals surface area contributed by atoms with Gasteiger partial charge in [0.25, 0.3) is 0 Å². The predicted octanol–water partition coefficient (Wildman–Crippen LogP) is 1.46. The first-order valence-electron chi connectivity index (χ1n) is 7.74. The average molecular weight is 289 g/mol. The Morgan fingerprint density at radius 1 is 1.29 bits per heavy atom.